The van der Waals surface area contributed by atoms with Crippen LogP contribution in [0.2, 0.25) is 0 Å². The lowest BCUT2D eigenvalue weighted by Gasteiger charge is -2.28. The fraction of sp³-hybridized carbons (Fsp3) is 0.357. The molecule has 0 saturated heterocycles. The summed E-state index contributed by atoms with van der Waals surface area (Å²) in [4.78, 5) is 38.5. The maximum atomic E-state index is 15.1. The Kier molecular flexibility index (Phi) is 7.16. The van der Waals surface area contributed by atoms with Crippen LogP contribution >= 0.6 is 0 Å². The number of hydrogen-bond acceptors (Lipinski definition) is 7. The highest BCUT2D eigenvalue weighted by molar-refractivity contribution is 6.15. The number of benzene rings is 1. The molecule has 37 heavy (non-hydrogen) atoms. The van der Waals surface area contributed by atoms with Gasteiger partial charge < -0.3 is 14.4 Å². The molecule has 1 aliphatic heterocycles. The third kappa shape index (κ3) is 5.71. The number of ketones is 1. The van der Waals surface area contributed by atoms with Gasteiger partial charge in [-0.05, 0) is 45.9 Å². The maximum absolute atomic E-state index is 15.1. The SMILES string of the molecule is Cc1cc2c(C(=O)/C=C/N(C)C)cnc(N(Cc3c(F)ccc4c3CCO4)C(=O)OC(C)(C)C)c2cn1. The third-order valence-electron chi connectivity index (χ3n) is 5.80. The number of amides is 1. The normalized spacial score (nSPS) is 12.9. The van der Waals surface area contributed by atoms with E-state index in [9.17, 15) is 9.59 Å². The lowest BCUT2D eigenvalue weighted by molar-refractivity contribution is 0.0576. The summed E-state index contributed by atoms with van der Waals surface area (Å²) >= 11 is 0. The number of anilines is 1. The highest BCUT2D eigenvalue weighted by Gasteiger charge is 2.30. The van der Waals surface area contributed by atoms with E-state index in [-0.39, 0.29) is 18.1 Å². The minimum Gasteiger partial charge on any atom is -0.493 e. The average Bonchev–Trinajstić information content (AvgIpc) is 3.29. The van der Waals surface area contributed by atoms with Gasteiger partial charge in [0.2, 0.25) is 0 Å². The van der Waals surface area contributed by atoms with Crippen molar-refractivity contribution in [1.29, 1.82) is 0 Å². The number of aromatic nitrogens is 2. The van der Waals surface area contributed by atoms with Crippen molar-refractivity contribution in [3.05, 3.63) is 71.1 Å². The summed E-state index contributed by atoms with van der Waals surface area (Å²) in [5, 5.41) is 1.06. The van der Waals surface area contributed by atoms with Crippen molar-refractivity contribution < 1.29 is 23.5 Å². The van der Waals surface area contributed by atoms with E-state index in [2.05, 4.69) is 9.97 Å². The Balaban J connectivity index is 1.87. The maximum Gasteiger partial charge on any atom is 0.416 e. The number of carbonyl (C=O) groups is 2. The Hall–Kier alpha value is -4.01. The minimum atomic E-state index is -0.798. The van der Waals surface area contributed by atoms with Gasteiger partial charge >= 0.3 is 6.09 Å². The molecule has 3 heterocycles. The van der Waals surface area contributed by atoms with Crippen molar-refractivity contribution in [3.63, 3.8) is 0 Å². The van der Waals surface area contributed by atoms with E-state index in [0.717, 1.165) is 0 Å². The number of halogens is 1. The van der Waals surface area contributed by atoms with E-state index in [1.54, 1.807) is 50.2 Å². The lowest BCUT2D eigenvalue weighted by Crippen LogP contribution is -2.37. The second-order valence-electron chi connectivity index (χ2n) is 10.2. The van der Waals surface area contributed by atoms with Gasteiger partial charge in [0.15, 0.2) is 5.78 Å². The highest BCUT2D eigenvalue weighted by Crippen LogP contribution is 2.34. The molecule has 0 spiro atoms. The van der Waals surface area contributed by atoms with Crippen LogP contribution in [0.3, 0.4) is 0 Å². The smallest absolute Gasteiger partial charge is 0.416 e. The molecule has 0 fully saturated rings. The van der Waals surface area contributed by atoms with E-state index in [1.807, 2.05) is 21.0 Å². The first kappa shape index (κ1) is 26.1. The van der Waals surface area contributed by atoms with Crippen molar-refractivity contribution in [3.8, 4) is 5.75 Å². The van der Waals surface area contributed by atoms with Crippen molar-refractivity contribution >= 4 is 28.5 Å². The van der Waals surface area contributed by atoms with Crippen LogP contribution in [-0.2, 0) is 17.7 Å². The summed E-state index contributed by atoms with van der Waals surface area (Å²) in [6.07, 6.45) is 5.97. The standard InChI is InChI=1S/C28H31FN4O4/c1-17-13-19-20(24(34)9-11-32(5)6)14-31-26(21(19)15-30-17)33(27(35)37-28(2,3)4)16-22-18-10-12-36-25(18)8-7-23(22)29/h7-9,11,13-15H,10,12,16H2,1-6H3/b11-9+. The quantitative estimate of drug-likeness (QED) is 0.335. The Labute approximate surface area is 215 Å². The van der Waals surface area contributed by atoms with Crippen molar-refractivity contribution in [2.45, 2.75) is 46.3 Å². The molecule has 8 nitrogen and oxygen atoms in total. The number of nitrogens with zero attached hydrogens (tertiary/aromatic N) is 4. The van der Waals surface area contributed by atoms with Gasteiger partial charge in [0.25, 0.3) is 0 Å². The monoisotopic (exact) mass is 506 g/mol. The first-order chi connectivity index (χ1) is 17.4. The fourth-order valence-corrected chi connectivity index (χ4v) is 4.13. The summed E-state index contributed by atoms with van der Waals surface area (Å²) in [7, 11) is 3.64. The van der Waals surface area contributed by atoms with Crippen LogP contribution < -0.4 is 9.64 Å². The van der Waals surface area contributed by atoms with Crippen LogP contribution in [0.5, 0.6) is 5.75 Å². The molecule has 0 saturated carbocycles. The van der Waals surface area contributed by atoms with Gasteiger partial charge in [-0.3, -0.25) is 14.7 Å². The second kappa shape index (κ2) is 10.2. The molecule has 0 aliphatic carbocycles. The van der Waals surface area contributed by atoms with E-state index in [0.29, 0.717) is 51.9 Å². The Morgan fingerprint density at radius 1 is 1.16 bits per heavy atom. The van der Waals surface area contributed by atoms with Crippen molar-refractivity contribution in [2.24, 2.45) is 0 Å². The van der Waals surface area contributed by atoms with E-state index in [4.69, 9.17) is 9.47 Å². The van der Waals surface area contributed by atoms with Gasteiger partial charge in [-0.15, -0.1) is 0 Å². The molecule has 194 valence electrons. The number of ether oxygens (including phenoxy) is 2. The van der Waals surface area contributed by atoms with Gasteiger partial charge in [0.05, 0.1) is 13.2 Å². The Morgan fingerprint density at radius 2 is 1.92 bits per heavy atom. The fourth-order valence-electron chi connectivity index (χ4n) is 4.13. The molecule has 1 aromatic carbocycles. The molecule has 0 radical (unpaired) electrons. The molecular formula is C28H31FN4O4. The topological polar surface area (TPSA) is 84.9 Å². The Morgan fingerprint density at radius 3 is 2.62 bits per heavy atom. The van der Waals surface area contributed by atoms with Crippen molar-refractivity contribution in [1.82, 2.24) is 14.9 Å². The zero-order valence-electron chi connectivity index (χ0n) is 22.0. The summed E-state index contributed by atoms with van der Waals surface area (Å²) in [6, 6.07) is 4.71. The predicted molar refractivity (Wildman–Crippen MR) is 139 cm³/mol. The molecule has 4 rings (SSSR count). The van der Waals surface area contributed by atoms with Gasteiger partial charge in [0, 0.05) is 78.3 Å². The van der Waals surface area contributed by atoms with E-state index >= 15 is 4.39 Å². The largest absolute Gasteiger partial charge is 0.493 e. The van der Waals surface area contributed by atoms with Gasteiger partial charge in [-0.1, -0.05) is 0 Å². The van der Waals surface area contributed by atoms with Crippen LogP contribution in [0.4, 0.5) is 15.0 Å². The van der Waals surface area contributed by atoms with E-state index < -0.39 is 17.5 Å². The molecule has 0 N–H and O–H groups in total. The van der Waals surface area contributed by atoms with Gasteiger partial charge in [0.1, 0.15) is 23.0 Å². The van der Waals surface area contributed by atoms with Crippen molar-refractivity contribution in [2.75, 3.05) is 25.6 Å². The van der Waals surface area contributed by atoms with Crippen LogP contribution in [0.25, 0.3) is 10.8 Å². The molecule has 9 heteroatoms. The molecule has 1 amide bonds. The molecule has 0 atom stereocenters. The molecular weight excluding hydrogens is 475 g/mol. The minimum absolute atomic E-state index is 0.128. The molecule has 1 aliphatic rings. The van der Waals surface area contributed by atoms with Gasteiger partial charge in [-0.2, -0.15) is 0 Å². The number of hydrogen-bond donors (Lipinski definition) is 0. The first-order valence-corrected chi connectivity index (χ1v) is 12.0. The van der Waals surface area contributed by atoms with Crippen LogP contribution in [-0.4, -0.2) is 53.0 Å². The summed E-state index contributed by atoms with van der Waals surface area (Å²) in [5.74, 6) is 0.137. The molecule has 0 unspecified atom stereocenters. The number of pyridine rings is 2. The van der Waals surface area contributed by atoms with Gasteiger partial charge in [-0.25, -0.2) is 14.2 Å². The Bertz CT molecular complexity index is 1400. The number of carbonyl (C=O) groups excluding carboxylic acids is 2. The average molecular weight is 507 g/mol. The number of rotatable bonds is 6. The zero-order valence-corrected chi connectivity index (χ0v) is 22.0. The summed E-state index contributed by atoms with van der Waals surface area (Å²) in [5.41, 5.74) is 1.32. The molecule has 3 aromatic rings. The molecule has 0 bridgehead atoms. The number of aryl methyl sites for hydroxylation is 1. The lowest BCUT2D eigenvalue weighted by atomic mass is 10.0. The van der Waals surface area contributed by atoms with Crippen LogP contribution in [0, 0.1) is 12.7 Å². The first-order valence-electron chi connectivity index (χ1n) is 12.0. The zero-order chi connectivity index (χ0) is 26.9. The third-order valence-corrected chi connectivity index (χ3v) is 5.80. The highest BCUT2D eigenvalue weighted by atomic mass is 19.1. The summed E-state index contributed by atoms with van der Waals surface area (Å²) < 4.78 is 26.4. The number of fused-ring (bicyclic) bond motifs is 2. The summed E-state index contributed by atoms with van der Waals surface area (Å²) in [6.45, 7) is 7.40. The molecule has 2 aromatic heterocycles. The number of allylic oxidation sites excluding steroid dienone is 1. The van der Waals surface area contributed by atoms with Crippen LogP contribution in [0.15, 0.2) is 42.9 Å². The second-order valence-corrected chi connectivity index (χ2v) is 10.2. The predicted octanol–water partition coefficient (Wildman–Crippen LogP) is 5.21. The van der Waals surface area contributed by atoms with Crippen LogP contribution in [0.1, 0.15) is 48.0 Å². The van der Waals surface area contributed by atoms with E-state index in [1.165, 1.54) is 23.2 Å².